The van der Waals surface area contributed by atoms with Crippen molar-refractivity contribution < 1.29 is 0 Å². The lowest BCUT2D eigenvalue weighted by molar-refractivity contribution is 0.459. The number of rotatable bonds is 5. The molecule has 0 aliphatic carbocycles. The van der Waals surface area contributed by atoms with Crippen molar-refractivity contribution in [2.75, 3.05) is 19.0 Å². The maximum absolute atomic E-state index is 4.53. The van der Waals surface area contributed by atoms with Crippen molar-refractivity contribution in [1.82, 2.24) is 15.1 Å². The van der Waals surface area contributed by atoms with Crippen LogP contribution in [0.1, 0.15) is 38.4 Å². The van der Waals surface area contributed by atoms with Gasteiger partial charge in [0.25, 0.3) is 0 Å². The second kappa shape index (κ2) is 5.08. The molecule has 98 valence electrons. The van der Waals surface area contributed by atoms with Gasteiger partial charge in [0.2, 0.25) is 0 Å². The van der Waals surface area contributed by atoms with Crippen LogP contribution in [-0.2, 0) is 13.6 Å². The molecule has 0 spiro atoms. The predicted molar refractivity (Wildman–Crippen MR) is 73.5 cm³/mol. The van der Waals surface area contributed by atoms with E-state index in [1.165, 1.54) is 11.4 Å². The molecule has 0 aliphatic rings. The van der Waals surface area contributed by atoms with Crippen molar-refractivity contribution in [3.8, 4) is 0 Å². The van der Waals surface area contributed by atoms with E-state index in [0.717, 1.165) is 18.7 Å². The summed E-state index contributed by atoms with van der Waals surface area (Å²) in [5, 5.41) is 7.76. The fourth-order valence-corrected chi connectivity index (χ4v) is 2.02. The normalized spacial score (nSPS) is 11.9. The Kier molecular flexibility index (Phi) is 4.20. The molecule has 0 amide bonds. The first kappa shape index (κ1) is 14.0. The van der Waals surface area contributed by atoms with Gasteiger partial charge in [-0.1, -0.05) is 6.92 Å². The summed E-state index contributed by atoms with van der Waals surface area (Å²) in [5.74, 6) is 1.21. The standard InChI is InChI=1S/C13H26N4/c1-8-13(3,4)16(6)12-11(9-14-5)10(2)15-17(12)7/h14H,8-9H2,1-7H3. The van der Waals surface area contributed by atoms with Crippen LogP contribution in [0.5, 0.6) is 0 Å². The fourth-order valence-electron chi connectivity index (χ4n) is 2.02. The minimum atomic E-state index is 0.142. The van der Waals surface area contributed by atoms with Crippen LogP contribution in [0.3, 0.4) is 0 Å². The predicted octanol–water partition coefficient (Wildman–Crippen LogP) is 2.07. The number of nitrogens with one attached hydrogen (secondary N) is 1. The summed E-state index contributed by atoms with van der Waals surface area (Å²) in [6.07, 6.45) is 1.10. The number of nitrogens with zero attached hydrogens (tertiary/aromatic N) is 3. The molecule has 4 heteroatoms. The average molecular weight is 238 g/mol. The zero-order valence-corrected chi connectivity index (χ0v) is 12.3. The molecule has 1 aromatic heterocycles. The molecule has 0 bridgehead atoms. The van der Waals surface area contributed by atoms with Gasteiger partial charge in [0.1, 0.15) is 5.82 Å². The Morgan fingerprint density at radius 3 is 2.47 bits per heavy atom. The smallest absolute Gasteiger partial charge is 0.131 e. The van der Waals surface area contributed by atoms with E-state index in [0.29, 0.717) is 0 Å². The first-order chi connectivity index (χ1) is 7.85. The SMILES string of the molecule is CCC(C)(C)N(C)c1c(CNC)c(C)nn1C. The third-order valence-corrected chi connectivity index (χ3v) is 3.76. The molecule has 0 radical (unpaired) electrons. The van der Waals surface area contributed by atoms with E-state index in [9.17, 15) is 0 Å². The summed E-state index contributed by atoms with van der Waals surface area (Å²) in [7, 11) is 6.14. The van der Waals surface area contributed by atoms with Crippen molar-refractivity contribution in [2.45, 2.75) is 46.2 Å². The van der Waals surface area contributed by atoms with Gasteiger partial charge in [-0.15, -0.1) is 0 Å². The molecule has 1 N–H and O–H groups in total. The van der Waals surface area contributed by atoms with Crippen molar-refractivity contribution in [2.24, 2.45) is 7.05 Å². The third-order valence-electron chi connectivity index (χ3n) is 3.76. The van der Waals surface area contributed by atoms with Gasteiger partial charge in [0.05, 0.1) is 5.69 Å². The maximum Gasteiger partial charge on any atom is 0.131 e. The molecule has 0 aliphatic heterocycles. The van der Waals surface area contributed by atoms with Gasteiger partial charge in [0.15, 0.2) is 0 Å². The van der Waals surface area contributed by atoms with Crippen LogP contribution in [0.4, 0.5) is 5.82 Å². The van der Waals surface area contributed by atoms with Crippen LogP contribution in [0, 0.1) is 6.92 Å². The highest BCUT2D eigenvalue weighted by Crippen LogP contribution is 2.29. The lowest BCUT2D eigenvalue weighted by Gasteiger charge is -2.37. The number of aromatic nitrogens is 2. The fraction of sp³-hybridized carbons (Fsp3) is 0.769. The molecule has 1 heterocycles. The van der Waals surface area contributed by atoms with E-state index in [-0.39, 0.29) is 5.54 Å². The van der Waals surface area contributed by atoms with Gasteiger partial charge in [-0.25, -0.2) is 0 Å². The Labute approximate surface area is 105 Å². The van der Waals surface area contributed by atoms with Gasteiger partial charge in [-0.3, -0.25) is 4.68 Å². The van der Waals surface area contributed by atoms with Gasteiger partial charge >= 0.3 is 0 Å². The minimum Gasteiger partial charge on any atom is -0.355 e. The van der Waals surface area contributed by atoms with Crippen LogP contribution in [-0.4, -0.2) is 29.4 Å². The van der Waals surface area contributed by atoms with E-state index in [1.54, 1.807) is 0 Å². The highest BCUT2D eigenvalue weighted by Gasteiger charge is 2.26. The summed E-state index contributed by atoms with van der Waals surface area (Å²) in [6.45, 7) is 9.68. The second-order valence-corrected chi connectivity index (χ2v) is 5.27. The molecule has 1 aromatic rings. The van der Waals surface area contributed by atoms with E-state index < -0.39 is 0 Å². The molecular weight excluding hydrogens is 212 g/mol. The molecule has 0 saturated carbocycles. The zero-order valence-electron chi connectivity index (χ0n) is 12.3. The highest BCUT2D eigenvalue weighted by molar-refractivity contribution is 5.51. The van der Waals surface area contributed by atoms with Crippen molar-refractivity contribution >= 4 is 5.82 Å². The molecule has 0 unspecified atom stereocenters. The highest BCUT2D eigenvalue weighted by atomic mass is 15.4. The average Bonchev–Trinajstić information content (AvgIpc) is 2.53. The Balaban J connectivity index is 3.20. The topological polar surface area (TPSA) is 33.1 Å². The summed E-state index contributed by atoms with van der Waals surface area (Å²) >= 11 is 0. The first-order valence-corrected chi connectivity index (χ1v) is 6.26. The lowest BCUT2D eigenvalue weighted by atomic mass is 9.99. The third kappa shape index (κ3) is 2.63. The van der Waals surface area contributed by atoms with Crippen LogP contribution >= 0.6 is 0 Å². The Bertz CT molecular complexity index is 379. The second-order valence-electron chi connectivity index (χ2n) is 5.27. The number of anilines is 1. The molecule has 0 atom stereocenters. The van der Waals surface area contributed by atoms with Crippen molar-refractivity contribution in [3.05, 3.63) is 11.3 Å². The van der Waals surface area contributed by atoms with Gasteiger partial charge < -0.3 is 10.2 Å². The van der Waals surface area contributed by atoms with Gasteiger partial charge in [-0.2, -0.15) is 5.10 Å². The Hall–Kier alpha value is -1.03. The van der Waals surface area contributed by atoms with E-state index >= 15 is 0 Å². The molecule has 4 nitrogen and oxygen atoms in total. The summed E-state index contributed by atoms with van der Waals surface area (Å²) in [6, 6.07) is 0. The summed E-state index contributed by atoms with van der Waals surface area (Å²) in [5.41, 5.74) is 2.54. The quantitative estimate of drug-likeness (QED) is 0.852. The van der Waals surface area contributed by atoms with Crippen LogP contribution in [0.15, 0.2) is 0 Å². The van der Waals surface area contributed by atoms with Crippen molar-refractivity contribution in [1.29, 1.82) is 0 Å². The van der Waals surface area contributed by atoms with Crippen LogP contribution in [0.25, 0.3) is 0 Å². The van der Waals surface area contributed by atoms with Gasteiger partial charge in [-0.05, 0) is 34.2 Å². The maximum atomic E-state index is 4.53. The van der Waals surface area contributed by atoms with E-state index in [1.807, 2.05) is 18.8 Å². The van der Waals surface area contributed by atoms with Crippen LogP contribution in [0.2, 0.25) is 0 Å². The van der Waals surface area contributed by atoms with E-state index in [2.05, 4.69) is 50.1 Å². The summed E-state index contributed by atoms with van der Waals surface area (Å²) < 4.78 is 1.99. The lowest BCUT2D eigenvalue weighted by Crippen LogP contribution is -2.42. The molecule has 1 rings (SSSR count). The number of aryl methyl sites for hydroxylation is 2. The van der Waals surface area contributed by atoms with Crippen molar-refractivity contribution in [3.63, 3.8) is 0 Å². The molecule has 0 aromatic carbocycles. The molecule has 17 heavy (non-hydrogen) atoms. The molecular formula is C13H26N4. The zero-order chi connectivity index (χ0) is 13.2. The Morgan fingerprint density at radius 1 is 1.41 bits per heavy atom. The monoisotopic (exact) mass is 238 g/mol. The van der Waals surface area contributed by atoms with E-state index in [4.69, 9.17) is 0 Å². The Morgan fingerprint density at radius 2 is 2.00 bits per heavy atom. The van der Waals surface area contributed by atoms with Gasteiger partial charge in [0, 0.05) is 31.7 Å². The van der Waals surface area contributed by atoms with Crippen LogP contribution < -0.4 is 10.2 Å². The number of hydrogen-bond donors (Lipinski definition) is 1. The number of hydrogen-bond acceptors (Lipinski definition) is 3. The summed E-state index contributed by atoms with van der Waals surface area (Å²) in [4.78, 5) is 2.33. The minimum absolute atomic E-state index is 0.142. The first-order valence-electron chi connectivity index (χ1n) is 6.26. The molecule has 0 fully saturated rings. The largest absolute Gasteiger partial charge is 0.355 e. The molecule has 0 saturated heterocycles.